The Balaban J connectivity index is 1.73. The van der Waals surface area contributed by atoms with Gasteiger partial charge in [0.05, 0.1) is 18.4 Å². The second-order valence-corrected chi connectivity index (χ2v) is 8.91. The van der Waals surface area contributed by atoms with E-state index in [2.05, 4.69) is 16.0 Å². The van der Waals surface area contributed by atoms with Gasteiger partial charge >= 0.3 is 0 Å². The fraction of sp³-hybridized carbons (Fsp3) is 0.444. The molecule has 0 radical (unpaired) electrons. The molecule has 0 aliphatic heterocycles. The molecule has 0 unspecified atom stereocenters. The molecule has 0 heterocycles. The maximum atomic E-state index is 13.2. The average Bonchev–Trinajstić information content (AvgIpc) is 2.87. The Morgan fingerprint density at radius 3 is 2.29 bits per heavy atom. The number of hydrogen-bond donors (Lipinski definition) is 3. The minimum atomic E-state index is -0.648. The molecule has 2 atom stereocenters. The van der Waals surface area contributed by atoms with Crippen LogP contribution in [0.2, 0.25) is 0 Å². The van der Waals surface area contributed by atoms with Crippen molar-refractivity contribution in [3.8, 4) is 5.75 Å². The van der Waals surface area contributed by atoms with Gasteiger partial charge in [0.1, 0.15) is 11.8 Å². The van der Waals surface area contributed by atoms with Crippen molar-refractivity contribution in [2.75, 3.05) is 12.4 Å². The number of carbonyl (C=O) groups is 3. The smallest absolute Gasteiger partial charge is 0.255 e. The fourth-order valence-electron chi connectivity index (χ4n) is 4.19. The third kappa shape index (κ3) is 6.59. The molecule has 7 nitrogen and oxygen atoms in total. The zero-order chi connectivity index (χ0) is 24.5. The highest BCUT2D eigenvalue weighted by atomic mass is 16.5. The second-order valence-electron chi connectivity index (χ2n) is 8.91. The summed E-state index contributed by atoms with van der Waals surface area (Å²) in [6.07, 6.45) is 6.15. The molecule has 3 rings (SSSR count). The maximum Gasteiger partial charge on any atom is 0.255 e. The van der Waals surface area contributed by atoms with E-state index in [1.807, 2.05) is 13.8 Å². The molecule has 1 aliphatic carbocycles. The molecule has 0 aromatic heterocycles. The molecule has 182 valence electrons. The molecular formula is C27H35N3O4. The summed E-state index contributed by atoms with van der Waals surface area (Å²) < 4.78 is 5.13. The summed E-state index contributed by atoms with van der Waals surface area (Å²) in [4.78, 5) is 39.1. The topological polar surface area (TPSA) is 96.5 Å². The number of ether oxygens (including phenoxy) is 1. The zero-order valence-electron chi connectivity index (χ0n) is 20.2. The van der Waals surface area contributed by atoms with E-state index in [1.54, 1.807) is 55.6 Å². The predicted octanol–water partition coefficient (Wildman–Crippen LogP) is 4.54. The van der Waals surface area contributed by atoms with E-state index >= 15 is 0 Å². The first kappa shape index (κ1) is 25.3. The Hall–Kier alpha value is -3.35. The van der Waals surface area contributed by atoms with Gasteiger partial charge in [-0.15, -0.1) is 0 Å². The van der Waals surface area contributed by atoms with Gasteiger partial charge < -0.3 is 20.7 Å². The summed E-state index contributed by atoms with van der Waals surface area (Å²) in [5.41, 5.74) is 1.14. The molecule has 1 saturated carbocycles. The summed E-state index contributed by atoms with van der Waals surface area (Å²) in [5.74, 6) is -0.256. The molecule has 0 saturated heterocycles. The highest BCUT2D eigenvalue weighted by Crippen LogP contribution is 2.20. The standard InChI is InChI=1S/C27H35N3O4/c1-4-18(2)24(27(33)28-20-10-6-5-7-11-20)30-26(32)22-12-8-9-13-23(22)29-25(31)19-14-16-21(34-3)17-15-19/h8-9,12-18,20,24H,4-7,10-11H2,1-3H3,(H,28,33)(H,29,31)(H,30,32)/t18-,24+/m1/s1. The van der Waals surface area contributed by atoms with Gasteiger partial charge in [0.25, 0.3) is 11.8 Å². The van der Waals surface area contributed by atoms with Gasteiger partial charge in [-0.1, -0.05) is 51.7 Å². The molecule has 2 aromatic carbocycles. The Bertz CT molecular complexity index is 984. The van der Waals surface area contributed by atoms with Crippen LogP contribution in [0.4, 0.5) is 5.69 Å². The minimum Gasteiger partial charge on any atom is -0.497 e. The highest BCUT2D eigenvalue weighted by molar-refractivity contribution is 6.09. The van der Waals surface area contributed by atoms with Gasteiger partial charge in [0, 0.05) is 11.6 Å². The number of nitrogens with one attached hydrogen (secondary N) is 3. The lowest BCUT2D eigenvalue weighted by atomic mass is 9.93. The zero-order valence-corrected chi connectivity index (χ0v) is 20.2. The molecule has 3 amide bonds. The summed E-state index contributed by atoms with van der Waals surface area (Å²) in [5, 5.41) is 8.87. The lowest BCUT2D eigenvalue weighted by Crippen LogP contribution is -2.52. The van der Waals surface area contributed by atoms with Gasteiger partial charge in [-0.3, -0.25) is 14.4 Å². The van der Waals surface area contributed by atoms with Crippen molar-refractivity contribution < 1.29 is 19.1 Å². The second kappa shape index (κ2) is 12.2. The Labute approximate surface area is 201 Å². The van der Waals surface area contributed by atoms with Gasteiger partial charge in [0.2, 0.25) is 5.91 Å². The number of benzene rings is 2. The highest BCUT2D eigenvalue weighted by Gasteiger charge is 2.29. The van der Waals surface area contributed by atoms with E-state index in [0.717, 1.165) is 32.1 Å². The number of hydrogen-bond acceptors (Lipinski definition) is 4. The minimum absolute atomic E-state index is 0.0337. The van der Waals surface area contributed by atoms with Crippen molar-refractivity contribution in [3.05, 3.63) is 59.7 Å². The van der Waals surface area contributed by atoms with Crippen molar-refractivity contribution in [3.63, 3.8) is 0 Å². The fourth-order valence-corrected chi connectivity index (χ4v) is 4.19. The molecule has 34 heavy (non-hydrogen) atoms. The molecule has 0 bridgehead atoms. The van der Waals surface area contributed by atoms with Crippen LogP contribution in [-0.4, -0.2) is 36.9 Å². The number of carbonyl (C=O) groups excluding carboxylic acids is 3. The molecule has 1 aliphatic rings. The van der Waals surface area contributed by atoms with Gasteiger partial charge in [-0.25, -0.2) is 0 Å². The number of para-hydroxylation sites is 1. The summed E-state index contributed by atoms with van der Waals surface area (Å²) in [6, 6.07) is 13.1. The van der Waals surface area contributed by atoms with Crippen LogP contribution in [-0.2, 0) is 4.79 Å². The van der Waals surface area contributed by atoms with Crippen LogP contribution in [0, 0.1) is 5.92 Å². The first-order chi connectivity index (χ1) is 16.4. The lowest BCUT2D eigenvalue weighted by Gasteiger charge is -2.28. The van der Waals surface area contributed by atoms with Crippen LogP contribution < -0.4 is 20.7 Å². The van der Waals surface area contributed by atoms with E-state index in [1.165, 1.54) is 6.42 Å². The number of rotatable bonds is 9. The largest absolute Gasteiger partial charge is 0.497 e. The predicted molar refractivity (Wildman–Crippen MR) is 133 cm³/mol. The third-order valence-electron chi connectivity index (χ3n) is 6.51. The van der Waals surface area contributed by atoms with Crippen LogP contribution in [0.5, 0.6) is 5.75 Å². The van der Waals surface area contributed by atoms with Gasteiger partial charge in [0.15, 0.2) is 0 Å². The van der Waals surface area contributed by atoms with Crippen molar-refractivity contribution in [2.45, 2.75) is 64.5 Å². The Kier molecular flexibility index (Phi) is 9.08. The molecule has 7 heteroatoms. The Morgan fingerprint density at radius 2 is 1.65 bits per heavy atom. The first-order valence-corrected chi connectivity index (χ1v) is 12.1. The average molecular weight is 466 g/mol. The summed E-state index contributed by atoms with van der Waals surface area (Å²) >= 11 is 0. The van der Waals surface area contributed by atoms with Crippen LogP contribution in [0.3, 0.4) is 0 Å². The number of anilines is 1. The Morgan fingerprint density at radius 1 is 0.971 bits per heavy atom. The third-order valence-corrected chi connectivity index (χ3v) is 6.51. The molecule has 3 N–H and O–H groups in total. The van der Waals surface area contributed by atoms with E-state index in [4.69, 9.17) is 4.74 Å². The van der Waals surface area contributed by atoms with Crippen LogP contribution in [0.1, 0.15) is 73.1 Å². The monoisotopic (exact) mass is 465 g/mol. The van der Waals surface area contributed by atoms with Gasteiger partial charge in [-0.05, 0) is 55.2 Å². The molecule has 1 fully saturated rings. The molecular weight excluding hydrogens is 430 g/mol. The van der Waals surface area contributed by atoms with Crippen molar-refractivity contribution in [1.82, 2.24) is 10.6 Å². The van der Waals surface area contributed by atoms with Crippen LogP contribution in [0.25, 0.3) is 0 Å². The number of methoxy groups -OCH3 is 1. The van der Waals surface area contributed by atoms with E-state index in [9.17, 15) is 14.4 Å². The van der Waals surface area contributed by atoms with Crippen LogP contribution >= 0.6 is 0 Å². The SMILES string of the molecule is CC[C@@H](C)[C@H](NC(=O)c1ccccc1NC(=O)c1ccc(OC)cc1)C(=O)NC1CCCCC1. The van der Waals surface area contributed by atoms with Crippen LogP contribution in [0.15, 0.2) is 48.5 Å². The molecule has 0 spiro atoms. The molecule has 2 aromatic rings. The van der Waals surface area contributed by atoms with Crippen molar-refractivity contribution in [2.24, 2.45) is 5.92 Å². The van der Waals surface area contributed by atoms with Gasteiger partial charge in [-0.2, -0.15) is 0 Å². The lowest BCUT2D eigenvalue weighted by molar-refractivity contribution is -0.125. The quantitative estimate of drug-likeness (QED) is 0.507. The first-order valence-electron chi connectivity index (χ1n) is 12.1. The van der Waals surface area contributed by atoms with Crippen molar-refractivity contribution >= 4 is 23.4 Å². The summed E-state index contributed by atoms with van der Waals surface area (Å²) in [6.45, 7) is 3.96. The normalized spacial score (nSPS) is 15.6. The summed E-state index contributed by atoms with van der Waals surface area (Å²) in [7, 11) is 1.56. The maximum absolute atomic E-state index is 13.2. The van der Waals surface area contributed by atoms with E-state index < -0.39 is 11.9 Å². The number of amides is 3. The van der Waals surface area contributed by atoms with E-state index in [-0.39, 0.29) is 23.8 Å². The van der Waals surface area contributed by atoms with E-state index in [0.29, 0.717) is 22.6 Å². The van der Waals surface area contributed by atoms with Crippen molar-refractivity contribution in [1.29, 1.82) is 0 Å².